The number of anilines is 2. The molecule has 0 aliphatic carbocycles. The van der Waals surface area contributed by atoms with Crippen molar-refractivity contribution in [3.63, 3.8) is 0 Å². The molecule has 144 valence electrons. The van der Waals surface area contributed by atoms with Crippen molar-refractivity contribution in [2.75, 3.05) is 23.3 Å². The Morgan fingerprint density at radius 2 is 1.75 bits per heavy atom. The zero-order valence-corrected chi connectivity index (χ0v) is 16.2. The van der Waals surface area contributed by atoms with Gasteiger partial charge in [-0.25, -0.2) is 0 Å². The quantitative estimate of drug-likeness (QED) is 0.760. The highest BCUT2D eigenvalue weighted by Crippen LogP contribution is 2.22. The van der Waals surface area contributed by atoms with Crippen molar-refractivity contribution in [3.05, 3.63) is 63.9 Å². The molecule has 6 nitrogen and oxygen atoms in total. The fourth-order valence-corrected chi connectivity index (χ4v) is 3.74. The third-order valence-electron chi connectivity index (χ3n) is 5.27. The number of aryl methyl sites for hydroxylation is 2. The van der Waals surface area contributed by atoms with Gasteiger partial charge in [-0.1, -0.05) is 11.6 Å². The van der Waals surface area contributed by atoms with Gasteiger partial charge in [0.1, 0.15) is 0 Å². The van der Waals surface area contributed by atoms with E-state index >= 15 is 0 Å². The number of nitrogens with one attached hydrogen (secondary N) is 1. The number of carbonyl (C=O) groups is 1. The molecule has 1 aliphatic rings. The number of fused-ring (bicyclic) bond motifs is 1. The van der Waals surface area contributed by atoms with Gasteiger partial charge >= 0.3 is 0 Å². The van der Waals surface area contributed by atoms with Crippen LogP contribution in [-0.4, -0.2) is 28.8 Å². The minimum Gasteiger partial charge on any atom is -0.372 e. The maximum Gasteiger partial charge on any atom is 0.280 e. The third-order valence-corrected chi connectivity index (χ3v) is 5.27. The standard InChI is InChI=1S/C22H24N4O2/c1-15-6-11-19-18(14-15)21(27)20(24-25(19)2)22(28)23-16-7-9-17(10-8-16)26-12-4-3-5-13-26/h6-11,14H,3-5,12-13H2,1-2H3,(H,23,28). The van der Waals surface area contributed by atoms with Crippen molar-refractivity contribution in [1.29, 1.82) is 0 Å². The highest BCUT2D eigenvalue weighted by atomic mass is 16.2. The van der Waals surface area contributed by atoms with Crippen molar-refractivity contribution in [1.82, 2.24) is 9.78 Å². The summed E-state index contributed by atoms with van der Waals surface area (Å²) in [5, 5.41) is 7.51. The molecular weight excluding hydrogens is 352 g/mol. The van der Waals surface area contributed by atoms with Gasteiger partial charge in [0, 0.05) is 31.5 Å². The van der Waals surface area contributed by atoms with Crippen LogP contribution in [0.2, 0.25) is 0 Å². The van der Waals surface area contributed by atoms with Gasteiger partial charge < -0.3 is 10.2 Å². The van der Waals surface area contributed by atoms with Gasteiger partial charge in [0.2, 0.25) is 5.43 Å². The maximum atomic E-state index is 12.8. The predicted octanol–water partition coefficient (Wildman–Crippen LogP) is 3.48. The second-order valence-electron chi connectivity index (χ2n) is 7.37. The van der Waals surface area contributed by atoms with Crippen LogP contribution in [0.5, 0.6) is 0 Å². The van der Waals surface area contributed by atoms with E-state index in [-0.39, 0.29) is 11.1 Å². The number of amides is 1. The van der Waals surface area contributed by atoms with Gasteiger partial charge in [0.25, 0.3) is 5.91 Å². The van der Waals surface area contributed by atoms with Gasteiger partial charge in [-0.05, 0) is 62.6 Å². The molecule has 3 aromatic rings. The molecule has 2 heterocycles. The molecule has 0 spiro atoms. The normalized spacial score (nSPS) is 14.3. The molecule has 1 aliphatic heterocycles. The lowest BCUT2D eigenvalue weighted by Gasteiger charge is -2.28. The minimum absolute atomic E-state index is 0.0966. The largest absolute Gasteiger partial charge is 0.372 e. The molecule has 0 saturated carbocycles. The van der Waals surface area contributed by atoms with Crippen LogP contribution in [0.25, 0.3) is 10.9 Å². The lowest BCUT2D eigenvalue weighted by Crippen LogP contribution is -2.29. The van der Waals surface area contributed by atoms with E-state index in [9.17, 15) is 9.59 Å². The maximum absolute atomic E-state index is 12.8. The number of nitrogens with zero attached hydrogens (tertiary/aromatic N) is 3. The van der Waals surface area contributed by atoms with Crippen molar-refractivity contribution in [3.8, 4) is 0 Å². The Morgan fingerprint density at radius 1 is 1.04 bits per heavy atom. The number of hydrogen-bond acceptors (Lipinski definition) is 4. The molecule has 4 rings (SSSR count). The zero-order valence-electron chi connectivity index (χ0n) is 16.2. The van der Waals surface area contributed by atoms with Crippen molar-refractivity contribution >= 4 is 28.2 Å². The lowest BCUT2D eigenvalue weighted by atomic mass is 10.1. The lowest BCUT2D eigenvalue weighted by molar-refractivity contribution is 0.101. The second-order valence-corrected chi connectivity index (χ2v) is 7.37. The molecule has 1 N–H and O–H groups in total. The van der Waals surface area contributed by atoms with E-state index in [1.54, 1.807) is 17.8 Å². The molecule has 1 amide bonds. The third kappa shape index (κ3) is 3.50. The van der Waals surface area contributed by atoms with E-state index in [4.69, 9.17) is 0 Å². The number of rotatable bonds is 3. The van der Waals surface area contributed by atoms with Gasteiger partial charge in [-0.3, -0.25) is 14.3 Å². The summed E-state index contributed by atoms with van der Waals surface area (Å²) >= 11 is 0. The van der Waals surface area contributed by atoms with Crippen LogP contribution in [0.4, 0.5) is 11.4 Å². The number of piperidine rings is 1. The van der Waals surface area contributed by atoms with Gasteiger partial charge in [0.05, 0.1) is 10.9 Å². The average molecular weight is 376 g/mol. The van der Waals surface area contributed by atoms with Crippen LogP contribution in [-0.2, 0) is 7.05 Å². The SMILES string of the molecule is Cc1ccc2c(c1)c(=O)c(C(=O)Nc1ccc(N3CCCCC3)cc1)nn2C. The van der Waals surface area contributed by atoms with Crippen molar-refractivity contribution in [2.45, 2.75) is 26.2 Å². The summed E-state index contributed by atoms with van der Waals surface area (Å²) in [5.41, 5.74) is 3.04. The molecule has 6 heteroatoms. The number of hydrogen-bond donors (Lipinski definition) is 1. The first-order valence-electron chi connectivity index (χ1n) is 9.67. The first-order chi connectivity index (χ1) is 13.5. The average Bonchev–Trinajstić information content (AvgIpc) is 2.71. The summed E-state index contributed by atoms with van der Waals surface area (Å²) < 4.78 is 1.57. The van der Waals surface area contributed by atoms with E-state index in [0.717, 1.165) is 24.3 Å². The molecule has 0 unspecified atom stereocenters. The molecule has 0 atom stereocenters. The van der Waals surface area contributed by atoms with Crippen LogP contribution >= 0.6 is 0 Å². The smallest absolute Gasteiger partial charge is 0.280 e. The van der Waals surface area contributed by atoms with E-state index in [1.807, 2.05) is 43.3 Å². The Hall–Kier alpha value is -3.15. The molecule has 0 radical (unpaired) electrons. The Bertz CT molecular complexity index is 1080. The second kappa shape index (κ2) is 7.46. The van der Waals surface area contributed by atoms with E-state index in [1.165, 1.54) is 19.3 Å². The van der Waals surface area contributed by atoms with Gasteiger partial charge in [0.15, 0.2) is 5.69 Å². The highest BCUT2D eigenvalue weighted by molar-refractivity contribution is 6.04. The molecule has 1 saturated heterocycles. The summed E-state index contributed by atoms with van der Waals surface area (Å²) in [6.07, 6.45) is 3.72. The summed E-state index contributed by atoms with van der Waals surface area (Å²) in [7, 11) is 1.74. The summed E-state index contributed by atoms with van der Waals surface area (Å²) in [5.74, 6) is -0.491. The monoisotopic (exact) mass is 376 g/mol. The van der Waals surface area contributed by atoms with Crippen LogP contribution in [0.3, 0.4) is 0 Å². The molecule has 0 bridgehead atoms. The summed E-state index contributed by atoms with van der Waals surface area (Å²) in [6.45, 7) is 4.06. The zero-order chi connectivity index (χ0) is 19.7. The first kappa shape index (κ1) is 18.2. The molecular formula is C22H24N4O2. The number of carbonyl (C=O) groups excluding carboxylic acids is 1. The fraction of sp³-hybridized carbons (Fsp3) is 0.318. The molecule has 2 aromatic carbocycles. The molecule has 28 heavy (non-hydrogen) atoms. The minimum atomic E-state index is -0.491. The Labute approximate surface area is 163 Å². The summed E-state index contributed by atoms with van der Waals surface area (Å²) in [6, 6.07) is 13.3. The molecule has 1 fully saturated rings. The van der Waals surface area contributed by atoms with Gasteiger partial charge in [-0.2, -0.15) is 5.10 Å². The van der Waals surface area contributed by atoms with Gasteiger partial charge in [-0.15, -0.1) is 0 Å². The van der Waals surface area contributed by atoms with Crippen LogP contribution in [0, 0.1) is 6.92 Å². The predicted molar refractivity (Wildman–Crippen MR) is 112 cm³/mol. The van der Waals surface area contributed by atoms with Crippen LogP contribution < -0.4 is 15.6 Å². The topological polar surface area (TPSA) is 67.2 Å². The Morgan fingerprint density at radius 3 is 2.46 bits per heavy atom. The Kier molecular flexibility index (Phi) is 4.86. The van der Waals surface area contributed by atoms with E-state index < -0.39 is 5.91 Å². The number of benzene rings is 2. The highest BCUT2D eigenvalue weighted by Gasteiger charge is 2.17. The summed E-state index contributed by atoms with van der Waals surface area (Å²) in [4.78, 5) is 27.8. The van der Waals surface area contributed by atoms with E-state index in [2.05, 4.69) is 15.3 Å². The van der Waals surface area contributed by atoms with Crippen molar-refractivity contribution in [2.24, 2.45) is 7.05 Å². The van der Waals surface area contributed by atoms with Crippen molar-refractivity contribution < 1.29 is 4.79 Å². The number of aromatic nitrogens is 2. The first-order valence-corrected chi connectivity index (χ1v) is 9.67. The van der Waals surface area contributed by atoms with Crippen LogP contribution in [0.15, 0.2) is 47.3 Å². The fourth-order valence-electron chi connectivity index (χ4n) is 3.74. The Balaban J connectivity index is 1.58. The molecule has 1 aromatic heterocycles. The van der Waals surface area contributed by atoms with Crippen LogP contribution in [0.1, 0.15) is 35.3 Å². The van der Waals surface area contributed by atoms with E-state index in [0.29, 0.717) is 16.6 Å².